The van der Waals surface area contributed by atoms with Crippen molar-refractivity contribution in [1.29, 1.82) is 0 Å². The van der Waals surface area contributed by atoms with Gasteiger partial charge in [-0.1, -0.05) is 0 Å². The van der Waals surface area contributed by atoms with Crippen molar-refractivity contribution in [2.45, 2.75) is 90.9 Å². The minimum atomic E-state index is -1.49. The zero-order valence-corrected chi connectivity index (χ0v) is 19.1. The molecule has 1 aliphatic rings. The normalized spacial score (nSPS) is 15.5. The molecule has 2 N–H and O–H groups in total. The molecule has 1 aliphatic heterocycles. The van der Waals surface area contributed by atoms with E-state index >= 15 is 0 Å². The summed E-state index contributed by atoms with van der Waals surface area (Å²) in [4.78, 5) is 67.8. The number of ether oxygens (including phenoxy) is 2. The van der Waals surface area contributed by atoms with Gasteiger partial charge in [-0.25, -0.2) is 14.4 Å². The van der Waals surface area contributed by atoms with Gasteiger partial charge in [0.25, 0.3) is 11.8 Å². The maximum Gasteiger partial charge on any atom is 0.420 e. The van der Waals surface area contributed by atoms with Crippen LogP contribution in [0.2, 0.25) is 0 Å². The summed E-state index contributed by atoms with van der Waals surface area (Å²) in [6.07, 6.45) is -1.57. The van der Waals surface area contributed by atoms with Crippen molar-refractivity contribution in [1.82, 2.24) is 9.96 Å². The molecule has 0 bridgehead atoms. The Morgan fingerprint density at radius 1 is 0.935 bits per heavy atom. The van der Waals surface area contributed by atoms with Crippen LogP contribution in [-0.4, -0.2) is 63.7 Å². The first-order valence-corrected chi connectivity index (χ1v) is 10.2. The Hall–Kier alpha value is -2.69. The van der Waals surface area contributed by atoms with Gasteiger partial charge in [-0.2, -0.15) is 4.90 Å². The number of carbonyl (C=O) groups excluding carboxylic acids is 5. The summed E-state index contributed by atoms with van der Waals surface area (Å²) >= 11 is 0. The monoisotopic (exact) mass is 443 g/mol. The Bertz CT molecular complexity index is 664. The molecule has 0 aliphatic carbocycles. The Morgan fingerprint density at radius 2 is 1.39 bits per heavy atom. The van der Waals surface area contributed by atoms with E-state index < -0.39 is 47.2 Å². The van der Waals surface area contributed by atoms with Gasteiger partial charge in [0.2, 0.25) is 0 Å². The predicted octanol–water partition coefficient (Wildman–Crippen LogP) is 2.26. The number of nitrogens with zero attached hydrogens (tertiary/aromatic N) is 2. The molecule has 1 fully saturated rings. The first kappa shape index (κ1) is 26.3. The van der Waals surface area contributed by atoms with E-state index in [1.54, 1.807) is 41.5 Å². The second kappa shape index (κ2) is 10.6. The summed E-state index contributed by atoms with van der Waals surface area (Å²) in [5, 5.41) is 0.362. The van der Waals surface area contributed by atoms with Crippen molar-refractivity contribution < 1.29 is 38.3 Å². The number of imide groups is 2. The highest BCUT2D eigenvalue weighted by Gasteiger charge is 2.43. The summed E-state index contributed by atoms with van der Waals surface area (Å²) in [6, 6.07) is -1.49. The van der Waals surface area contributed by atoms with E-state index in [1.807, 2.05) is 0 Å². The molecule has 1 saturated heterocycles. The molecule has 0 aromatic rings. The highest BCUT2D eigenvalue weighted by molar-refractivity contribution is 6.02. The highest BCUT2D eigenvalue weighted by atomic mass is 16.7. The lowest BCUT2D eigenvalue weighted by Gasteiger charge is -2.32. The van der Waals surface area contributed by atoms with Gasteiger partial charge in [-0.3, -0.25) is 9.59 Å². The number of hydrogen-bond acceptors (Lipinski definition) is 9. The average Bonchev–Trinajstić information content (AvgIpc) is 2.89. The van der Waals surface area contributed by atoms with Gasteiger partial charge in [0.05, 0.1) is 0 Å². The van der Waals surface area contributed by atoms with E-state index in [-0.39, 0.29) is 19.3 Å². The second-order valence-electron chi connectivity index (χ2n) is 9.12. The Labute approximate surface area is 182 Å². The minimum absolute atomic E-state index is 0.0231. The second-order valence-corrected chi connectivity index (χ2v) is 9.12. The molecule has 4 amide bonds. The smallest absolute Gasteiger partial charge is 0.420 e. The molecule has 176 valence electrons. The SMILES string of the molecule is CC(C)(C)OC(=O)N(C(=O)OC(C)(C)C)[C@@H](CCCCN)C(=O)ON1C(=O)CCC1=O. The molecule has 0 unspecified atom stereocenters. The lowest BCUT2D eigenvalue weighted by molar-refractivity contribution is -0.200. The van der Waals surface area contributed by atoms with Crippen LogP contribution in [0.3, 0.4) is 0 Å². The fourth-order valence-corrected chi connectivity index (χ4v) is 2.59. The summed E-state index contributed by atoms with van der Waals surface area (Å²) in [5.74, 6) is -2.49. The van der Waals surface area contributed by atoms with E-state index in [2.05, 4.69) is 0 Å². The van der Waals surface area contributed by atoms with Gasteiger partial charge in [0.15, 0.2) is 0 Å². The van der Waals surface area contributed by atoms with E-state index in [0.717, 1.165) is 0 Å². The van der Waals surface area contributed by atoms with E-state index in [0.29, 0.717) is 29.3 Å². The third-order valence-corrected chi connectivity index (χ3v) is 3.88. The first-order chi connectivity index (χ1) is 14.2. The van der Waals surface area contributed by atoms with Crippen LogP contribution < -0.4 is 5.73 Å². The highest BCUT2D eigenvalue weighted by Crippen LogP contribution is 2.22. The molecule has 11 nitrogen and oxygen atoms in total. The lowest BCUT2D eigenvalue weighted by atomic mass is 10.1. The van der Waals surface area contributed by atoms with Crippen molar-refractivity contribution in [3.8, 4) is 0 Å². The number of hydrogen-bond donors (Lipinski definition) is 1. The standard InChI is InChI=1S/C20H33N3O8/c1-19(2,3)29-17(27)22(18(28)30-20(4,5)6)13(9-7-8-12-21)16(26)31-23-14(24)10-11-15(23)25/h13H,7-12,21H2,1-6H3/t13-/m0/s1. The van der Waals surface area contributed by atoms with Gasteiger partial charge >= 0.3 is 18.2 Å². The summed E-state index contributed by atoms with van der Waals surface area (Å²) < 4.78 is 10.6. The van der Waals surface area contributed by atoms with Crippen molar-refractivity contribution in [2.75, 3.05) is 6.54 Å². The first-order valence-electron chi connectivity index (χ1n) is 10.2. The molecule has 0 spiro atoms. The Morgan fingerprint density at radius 3 is 1.77 bits per heavy atom. The molecule has 11 heteroatoms. The molecular formula is C20H33N3O8. The van der Waals surface area contributed by atoms with Crippen LogP contribution in [0.4, 0.5) is 9.59 Å². The fourth-order valence-electron chi connectivity index (χ4n) is 2.59. The van der Waals surface area contributed by atoms with Crippen LogP contribution in [0.5, 0.6) is 0 Å². The number of hydroxylamine groups is 2. The van der Waals surface area contributed by atoms with Gasteiger partial charge in [-0.15, -0.1) is 5.06 Å². The van der Waals surface area contributed by atoms with Crippen LogP contribution in [0.1, 0.15) is 73.6 Å². The molecular weight excluding hydrogens is 410 g/mol. The van der Waals surface area contributed by atoms with Crippen LogP contribution in [-0.2, 0) is 28.7 Å². The molecule has 31 heavy (non-hydrogen) atoms. The average molecular weight is 443 g/mol. The van der Waals surface area contributed by atoms with Crippen molar-refractivity contribution in [2.24, 2.45) is 5.73 Å². The van der Waals surface area contributed by atoms with Crippen LogP contribution in [0, 0.1) is 0 Å². The lowest BCUT2D eigenvalue weighted by Crippen LogP contribution is -2.53. The van der Waals surface area contributed by atoms with Gasteiger partial charge in [-0.05, 0) is 67.3 Å². The maximum atomic E-state index is 12.9. The van der Waals surface area contributed by atoms with E-state index in [4.69, 9.17) is 20.0 Å². The topological polar surface area (TPSA) is 146 Å². The van der Waals surface area contributed by atoms with Gasteiger partial charge in [0, 0.05) is 12.8 Å². The number of unbranched alkanes of at least 4 members (excludes halogenated alkanes) is 1. The summed E-state index contributed by atoms with van der Waals surface area (Å²) in [5.41, 5.74) is 3.57. The number of nitrogens with two attached hydrogens (primary N) is 1. The minimum Gasteiger partial charge on any atom is -0.443 e. The van der Waals surface area contributed by atoms with Crippen molar-refractivity contribution in [3.05, 3.63) is 0 Å². The quantitative estimate of drug-likeness (QED) is 0.462. The van der Waals surface area contributed by atoms with Gasteiger partial charge in [0.1, 0.15) is 17.2 Å². The number of rotatable bonds is 7. The third kappa shape index (κ3) is 8.52. The molecule has 1 atom stereocenters. The third-order valence-electron chi connectivity index (χ3n) is 3.88. The largest absolute Gasteiger partial charge is 0.443 e. The molecule has 0 saturated carbocycles. The van der Waals surface area contributed by atoms with E-state index in [9.17, 15) is 24.0 Å². The number of amides is 4. The predicted molar refractivity (Wildman–Crippen MR) is 108 cm³/mol. The zero-order chi connectivity index (χ0) is 24.0. The molecule has 0 aromatic carbocycles. The van der Waals surface area contributed by atoms with Crippen molar-refractivity contribution in [3.63, 3.8) is 0 Å². The van der Waals surface area contributed by atoms with Crippen LogP contribution in [0.15, 0.2) is 0 Å². The Balaban J connectivity index is 3.25. The maximum absolute atomic E-state index is 12.9. The van der Waals surface area contributed by atoms with Crippen LogP contribution >= 0.6 is 0 Å². The molecule has 0 radical (unpaired) electrons. The molecule has 1 heterocycles. The fraction of sp³-hybridized carbons (Fsp3) is 0.750. The van der Waals surface area contributed by atoms with Crippen LogP contribution in [0.25, 0.3) is 0 Å². The Kier molecular flexibility index (Phi) is 8.97. The van der Waals surface area contributed by atoms with Gasteiger partial charge < -0.3 is 20.0 Å². The van der Waals surface area contributed by atoms with E-state index in [1.165, 1.54) is 0 Å². The summed E-state index contributed by atoms with van der Waals surface area (Å²) in [7, 11) is 0. The summed E-state index contributed by atoms with van der Waals surface area (Å²) in [6.45, 7) is 9.92. The molecule has 1 rings (SSSR count). The van der Waals surface area contributed by atoms with Crippen molar-refractivity contribution >= 4 is 30.0 Å². The number of carbonyl (C=O) groups is 5. The zero-order valence-electron chi connectivity index (χ0n) is 19.1. The molecule has 0 aromatic heterocycles.